The molecule has 1 aromatic carbocycles. The van der Waals surface area contributed by atoms with Crippen LogP contribution in [-0.2, 0) is 0 Å². The molecule has 2 fully saturated rings. The molecule has 3 atom stereocenters. The van der Waals surface area contributed by atoms with Gasteiger partial charge in [0.15, 0.2) is 0 Å². The van der Waals surface area contributed by atoms with E-state index in [0.717, 1.165) is 36.8 Å². The molecule has 1 aromatic heterocycles. The van der Waals surface area contributed by atoms with Gasteiger partial charge in [-0.3, -0.25) is 4.79 Å². The minimum absolute atomic E-state index is 0.133. The van der Waals surface area contributed by atoms with Gasteiger partial charge in [0.25, 0.3) is 5.91 Å². The summed E-state index contributed by atoms with van der Waals surface area (Å²) >= 11 is 0. The van der Waals surface area contributed by atoms with E-state index in [0.29, 0.717) is 23.6 Å². The van der Waals surface area contributed by atoms with Crippen molar-refractivity contribution in [3.05, 3.63) is 36.0 Å². The number of rotatable bonds is 1. The highest BCUT2D eigenvalue weighted by Crippen LogP contribution is 2.36. The van der Waals surface area contributed by atoms with Crippen molar-refractivity contribution in [1.82, 2.24) is 9.88 Å². The first kappa shape index (κ1) is 12.9. The molecule has 4 nitrogen and oxygen atoms in total. The zero-order valence-corrected chi connectivity index (χ0v) is 12.1. The molecule has 1 unspecified atom stereocenters. The van der Waals surface area contributed by atoms with Gasteiger partial charge in [-0.05, 0) is 43.2 Å². The summed E-state index contributed by atoms with van der Waals surface area (Å²) in [6.45, 7) is 1.76. The number of carbonyl (C=O) groups excluding carboxylic acids is 1. The Labute approximate surface area is 124 Å². The summed E-state index contributed by atoms with van der Waals surface area (Å²) in [4.78, 5) is 18.0. The Morgan fingerprint density at radius 3 is 2.86 bits per heavy atom. The van der Waals surface area contributed by atoms with Gasteiger partial charge >= 0.3 is 0 Å². The van der Waals surface area contributed by atoms with E-state index < -0.39 is 0 Å². The summed E-state index contributed by atoms with van der Waals surface area (Å²) < 4.78 is 0. The lowest BCUT2D eigenvalue weighted by molar-refractivity contribution is 0.0779. The molecule has 0 bridgehead atoms. The fourth-order valence-electron chi connectivity index (χ4n) is 3.99. The van der Waals surface area contributed by atoms with Crippen molar-refractivity contribution < 1.29 is 4.79 Å². The molecular weight excluding hydrogens is 262 g/mol. The van der Waals surface area contributed by atoms with Crippen molar-refractivity contribution in [2.75, 3.05) is 13.1 Å². The third kappa shape index (κ3) is 2.23. The van der Waals surface area contributed by atoms with Crippen LogP contribution in [0.4, 0.5) is 0 Å². The first-order chi connectivity index (χ1) is 10.2. The van der Waals surface area contributed by atoms with Crippen LogP contribution >= 0.6 is 0 Å². The molecule has 0 radical (unpaired) electrons. The van der Waals surface area contributed by atoms with Crippen molar-refractivity contribution in [2.45, 2.75) is 25.3 Å². The van der Waals surface area contributed by atoms with E-state index in [-0.39, 0.29) is 5.91 Å². The monoisotopic (exact) mass is 283 g/mol. The quantitative estimate of drug-likeness (QED) is 0.844. The van der Waals surface area contributed by atoms with Crippen LogP contribution in [0.5, 0.6) is 0 Å². The SMILES string of the molecule is NC1CC[C@@H]2CN(C(=O)c3cc4ccccc4[nH]3)C[C@@H]2C1. The Morgan fingerprint density at radius 1 is 1.19 bits per heavy atom. The zero-order valence-electron chi connectivity index (χ0n) is 12.1. The smallest absolute Gasteiger partial charge is 0.270 e. The number of nitrogens with zero attached hydrogens (tertiary/aromatic N) is 1. The van der Waals surface area contributed by atoms with Crippen molar-refractivity contribution in [1.29, 1.82) is 0 Å². The number of fused-ring (bicyclic) bond motifs is 2. The number of hydrogen-bond donors (Lipinski definition) is 2. The number of nitrogens with one attached hydrogen (secondary N) is 1. The number of para-hydroxylation sites is 1. The van der Waals surface area contributed by atoms with Crippen LogP contribution in [0.3, 0.4) is 0 Å². The Balaban J connectivity index is 1.55. The number of H-pyrrole nitrogens is 1. The van der Waals surface area contributed by atoms with E-state index in [1.807, 2.05) is 35.2 Å². The predicted molar refractivity (Wildman–Crippen MR) is 83.0 cm³/mol. The number of amides is 1. The third-order valence-electron chi connectivity index (χ3n) is 5.14. The van der Waals surface area contributed by atoms with Gasteiger partial charge in [0.1, 0.15) is 5.69 Å². The molecule has 21 heavy (non-hydrogen) atoms. The van der Waals surface area contributed by atoms with Crippen LogP contribution in [0.2, 0.25) is 0 Å². The van der Waals surface area contributed by atoms with Crippen molar-refractivity contribution in [2.24, 2.45) is 17.6 Å². The number of carbonyl (C=O) groups is 1. The van der Waals surface area contributed by atoms with E-state index >= 15 is 0 Å². The molecule has 1 amide bonds. The summed E-state index contributed by atoms with van der Waals surface area (Å²) in [5.74, 6) is 1.38. The second-order valence-electron chi connectivity index (χ2n) is 6.57. The Hall–Kier alpha value is -1.81. The average Bonchev–Trinajstić information content (AvgIpc) is 3.09. The lowest BCUT2D eigenvalue weighted by Crippen LogP contribution is -2.32. The molecule has 2 aliphatic rings. The first-order valence-electron chi connectivity index (χ1n) is 7.83. The molecule has 1 aliphatic carbocycles. The van der Waals surface area contributed by atoms with Gasteiger partial charge in [0.05, 0.1) is 0 Å². The molecule has 1 saturated heterocycles. The Morgan fingerprint density at radius 2 is 2.00 bits per heavy atom. The number of benzene rings is 1. The molecule has 2 heterocycles. The minimum atomic E-state index is 0.133. The molecule has 110 valence electrons. The van der Waals surface area contributed by atoms with E-state index in [9.17, 15) is 4.79 Å². The van der Waals surface area contributed by atoms with E-state index in [1.165, 1.54) is 6.42 Å². The Kier molecular flexibility index (Phi) is 3.00. The van der Waals surface area contributed by atoms with Crippen LogP contribution in [0, 0.1) is 11.8 Å². The van der Waals surface area contributed by atoms with Crippen LogP contribution < -0.4 is 5.73 Å². The molecule has 2 aromatic rings. The normalized spacial score (nSPS) is 28.8. The second-order valence-corrected chi connectivity index (χ2v) is 6.57. The first-order valence-corrected chi connectivity index (χ1v) is 7.83. The van der Waals surface area contributed by atoms with E-state index in [1.54, 1.807) is 0 Å². The number of aromatic amines is 1. The van der Waals surface area contributed by atoms with Gasteiger partial charge in [0, 0.05) is 30.0 Å². The van der Waals surface area contributed by atoms with Gasteiger partial charge in [-0.15, -0.1) is 0 Å². The number of likely N-dealkylation sites (tertiary alicyclic amines) is 1. The lowest BCUT2D eigenvalue weighted by atomic mass is 9.79. The molecular formula is C17H21N3O. The molecule has 4 heteroatoms. The summed E-state index contributed by atoms with van der Waals surface area (Å²) in [5.41, 5.74) is 7.80. The van der Waals surface area contributed by atoms with Gasteiger partial charge in [0.2, 0.25) is 0 Å². The van der Waals surface area contributed by atoms with Crippen LogP contribution in [0.25, 0.3) is 10.9 Å². The predicted octanol–water partition coefficient (Wildman–Crippen LogP) is 2.37. The summed E-state index contributed by atoms with van der Waals surface area (Å²) in [6, 6.07) is 10.3. The van der Waals surface area contributed by atoms with Crippen LogP contribution in [0.1, 0.15) is 29.8 Å². The van der Waals surface area contributed by atoms with Gasteiger partial charge in [-0.25, -0.2) is 0 Å². The maximum atomic E-state index is 12.7. The topological polar surface area (TPSA) is 62.1 Å². The van der Waals surface area contributed by atoms with Gasteiger partial charge in [-0.1, -0.05) is 18.2 Å². The maximum absolute atomic E-state index is 12.7. The van der Waals surface area contributed by atoms with Crippen molar-refractivity contribution in [3.8, 4) is 0 Å². The minimum Gasteiger partial charge on any atom is -0.351 e. The summed E-state index contributed by atoms with van der Waals surface area (Å²) in [6.07, 6.45) is 3.35. The molecule has 0 spiro atoms. The van der Waals surface area contributed by atoms with Gasteiger partial charge < -0.3 is 15.6 Å². The molecule has 3 N–H and O–H groups in total. The zero-order chi connectivity index (χ0) is 14.4. The van der Waals surface area contributed by atoms with Crippen LogP contribution in [0.15, 0.2) is 30.3 Å². The number of hydrogen-bond acceptors (Lipinski definition) is 2. The van der Waals surface area contributed by atoms with Crippen molar-refractivity contribution in [3.63, 3.8) is 0 Å². The van der Waals surface area contributed by atoms with Gasteiger partial charge in [-0.2, -0.15) is 0 Å². The summed E-state index contributed by atoms with van der Waals surface area (Å²) in [5, 5.41) is 1.10. The highest BCUT2D eigenvalue weighted by atomic mass is 16.2. The fraction of sp³-hybridized carbons (Fsp3) is 0.471. The highest BCUT2D eigenvalue weighted by Gasteiger charge is 2.38. The molecule has 1 aliphatic heterocycles. The lowest BCUT2D eigenvalue weighted by Gasteiger charge is -2.27. The standard InChI is InChI=1S/C17H21N3O/c18-14-6-5-12-9-20(10-13(12)7-14)17(21)16-8-11-3-1-2-4-15(11)19-16/h1-4,8,12-14,19H,5-7,9-10,18H2/t12-,13+,14?/m1/s1. The molecule has 4 rings (SSSR count). The third-order valence-corrected chi connectivity index (χ3v) is 5.14. The second kappa shape index (κ2) is 4.88. The number of nitrogens with two attached hydrogens (primary N) is 1. The van der Waals surface area contributed by atoms with E-state index in [2.05, 4.69) is 4.98 Å². The summed E-state index contributed by atoms with van der Waals surface area (Å²) in [7, 11) is 0. The Bertz CT molecular complexity index is 644. The average molecular weight is 283 g/mol. The maximum Gasteiger partial charge on any atom is 0.270 e. The molecule has 1 saturated carbocycles. The number of aromatic nitrogens is 1. The fourth-order valence-corrected chi connectivity index (χ4v) is 3.99. The van der Waals surface area contributed by atoms with E-state index in [4.69, 9.17) is 5.73 Å². The highest BCUT2D eigenvalue weighted by molar-refractivity contribution is 5.98. The largest absolute Gasteiger partial charge is 0.351 e. The van der Waals surface area contributed by atoms with Crippen molar-refractivity contribution >= 4 is 16.8 Å². The van der Waals surface area contributed by atoms with Crippen LogP contribution in [-0.4, -0.2) is 34.9 Å².